The Kier molecular flexibility index (Phi) is 6.65. The number of hydrogen-bond acceptors (Lipinski definition) is 3. The van der Waals surface area contributed by atoms with Crippen LogP contribution in [0.5, 0.6) is 0 Å². The van der Waals surface area contributed by atoms with Crippen LogP contribution in [0.2, 0.25) is 19.1 Å². The van der Waals surface area contributed by atoms with Crippen molar-refractivity contribution in [1.29, 1.82) is 0 Å². The van der Waals surface area contributed by atoms with Crippen molar-refractivity contribution in [2.45, 2.75) is 25.6 Å². The summed E-state index contributed by atoms with van der Waals surface area (Å²) in [5.74, 6) is 0. The van der Waals surface area contributed by atoms with Gasteiger partial charge in [-0.05, 0) is 25.6 Å². The third-order valence-electron chi connectivity index (χ3n) is 1.82. The zero-order chi connectivity index (χ0) is 9.45. The molecule has 0 saturated heterocycles. The van der Waals surface area contributed by atoms with Crippen LogP contribution < -0.4 is 0 Å². The Hall–Kier alpha value is 0.0969. The molecule has 3 nitrogen and oxygen atoms in total. The number of hydrogen-bond donors (Lipinski definition) is 0. The van der Waals surface area contributed by atoms with E-state index in [9.17, 15) is 0 Å². The molecule has 0 heterocycles. The largest absolute Gasteiger partial charge is 0.420 e. The fraction of sp³-hybridized carbons (Fsp3) is 1.00. The van der Waals surface area contributed by atoms with Crippen molar-refractivity contribution in [3.8, 4) is 0 Å². The first kappa shape index (κ1) is 12.1. The second kappa shape index (κ2) is 6.60. The fourth-order valence-electron chi connectivity index (χ4n) is 0.844. The number of ether oxygens (including phenoxy) is 2. The lowest BCUT2D eigenvalue weighted by Gasteiger charge is -2.19. The zero-order valence-corrected chi connectivity index (χ0v) is 9.55. The molecule has 0 rings (SSSR count). The Morgan fingerprint density at radius 2 is 1.83 bits per heavy atom. The van der Waals surface area contributed by atoms with E-state index in [0.717, 1.165) is 19.1 Å². The van der Waals surface area contributed by atoms with Gasteiger partial charge in [-0.25, -0.2) is 0 Å². The van der Waals surface area contributed by atoms with Crippen LogP contribution in [0.4, 0.5) is 0 Å². The summed E-state index contributed by atoms with van der Waals surface area (Å²) in [7, 11) is 2.07. The smallest absolute Gasteiger partial charge is 0.186 e. The van der Waals surface area contributed by atoms with E-state index in [1.165, 1.54) is 0 Å². The van der Waals surface area contributed by atoms with E-state index in [4.69, 9.17) is 13.9 Å². The van der Waals surface area contributed by atoms with Crippen LogP contribution in [0.15, 0.2) is 0 Å². The Labute approximate surface area is 76.1 Å². The minimum Gasteiger partial charge on any atom is -0.420 e. The van der Waals surface area contributed by atoms with Crippen LogP contribution >= 0.6 is 0 Å². The van der Waals surface area contributed by atoms with Crippen molar-refractivity contribution in [2.75, 3.05) is 27.6 Å². The minimum atomic E-state index is -1.36. The number of methoxy groups -OCH3 is 1. The van der Waals surface area contributed by atoms with Crippen molar-refractivity contribution in [2.24, 2.45) is 0 Å². The molecule has 74 valence electrons. The summed E-state index contributed by atoms with van der Waals surface area (Å²) >= 11 is 0. The summed E-state index contributed by atoms with van der Waals surface area (Å²) in [5, 5.41) is 0. The molecule has 0 aliphatic rings. The first-order valence-corrected chi connectivity index (χ1v) is 7.36. The van der Waals surface area contributed by atoms with E-state index in [2.05, 4.69) is 13.1 Å². The summed E-state index contributed by atoms with van der Waals surface area (Å²) in [6.45, 7) is 5.59. The average Bonchev–Trinajstić information content (AvgIpc) is 2.04. The molecule has 0 bridgehead atoms. The summed E-state index contributed by atoms with van der Waals surface area (Å²) in [4.78, 5) is 0. The van der Waals surface area contributed by atoms with E-state index in [-0.39, 0.29) is 0 Å². The standard InChI is InChI=1S/C8H20O3Si/c1-9-8-11-6-5-7-12(3,4)10-2/h5-8H2,1-4H3. The van der Waals surface area contributed by atoms with E-state index in [1.54, 1.807) is 14.2 Å². The Morgan fingerprint density at radius 3 is 2.33 bits per heavy atom. The van der Waals surface area contributed by atoms with Gasteiger partial charge < -0.3 is 13.9 Å². The molecule has 0 amide bonds. The topological polar surface area (TPSA) is 27.7 Å². The lowest BCUT2D eigenvalue weighted by atomic mass is 10.5. The summed E-state index contributed by atoms with van der Waals surface area (Å²) in [6.07, 6.45) is 1.07. The molecule has 4 heteroatoms. The first-order valence-electron chi connectivity index (χ1n) is 4.24. The fourth-order valence-corrected chi connectivity index (χ4v) is 2.04. The highest BCUT2D eigenvalue weighted by Gasteiger charge is 2.19. The molecule has 0 aliphatic heterocycles. The molecule has 0 aromatic heterocycles. The molecule has 0 unspecified atom stereocenters. The van der Waals surface area contributed by atoms with Gasteiger partial charge in [0.1, 0.15) is 6.79 Å². The molecule has 0 aromatic rings. The molecule has 0 saturated carbocycles. The number of rotatable bonds is 7. The maximum Gasteiger partial charge on any atom is 0.186 e. The van der Waals surface area contributed by atoms with Gasteiger partial charge in [0.05, 0.1) is 0 Å². The van der Waals surface area contributed by atoms with Gasteiger partial charge in [-0.1, -0.05) is 0 Å². The van der Waals surface area contributed by atoms with Crippen LogP contribution in [0.25, 0.3) is 0 Å². The molecule has 12 heavy (non-hydrogen) atoms. The lowest BCUT2D eigenvalue weighted by molar-refractivity contribution is -0.0302. The average molecular weight is 192 g/mol. The van der Waals surface area contributed by atoms with Gasteiger partial charge in [0, 0.05) is 20.8 Å². The molecule has 0 aliphatic carbocycles. The van der Waals surface area contributed by atoms with Crippen molar-refractivity contribution in [1.82, 2.24) is 0 Å². The maximum absolute atomic E-state index is 5.40. The predicted molar refractivity (Wildman–Crippen MR) is 51.7 cm³/mol. The molecule has 0 spiro atoms. The highest BCUT2D eigenvalue weighted by atomic mass is 28.4. The van der Waals surface area contributed by atoms with Crippen molar-refractivity contribution in [3.63, 3.8) is 0 Å². The molecule has 0 atom stereocenters. The quantitative estimate of drug-likeness (QED) is 0.350. The highest BCUT2D eigenvalue weighted by molar-refractivity contribution is 6.71. The Bertz CT molecular complexity index is 106. The van der Waals surface area contributed by atoms with Crippen LogP contribution in [0.1, 0.15) is 6.42 Å². The second-order valence-corrected chi connectivity index (χ2v) is 7.81. The molecular formula is C8H20O3Si. The van der Waals surface area contributed by atoms with E-state index < -0.39 is 8.32 Å². The van der Waals surface area contributed by atoms with Gasteiger partial charge >= 0.3 is 0 Å². The van der Waals surface area contributed by atoms with Gasteiger partial charge in [0.2, 0.25) is 0 Å². The van der Waals surface area contributed by atoms with Crippen LogP contribution in [0, 0.1) is 0 Å². The minimum absolute atomic E-state index is 0.398. The molecule has 0 aromatic carbocycles. The van der Waals surface area contributed by atoms with Gasteiger partial charge in [-0.15, -0.1) is 0 Å². The van der Waals surface area contributed by atoms with Gasteiger partial charge in [0.25, 0.3) is 0 Å². The maximum atomic E-state index is 5.40. The zero-order valence-electron chi connectivity index (χ0n) is 8.55. The molecular weight excluding hydrogens is 172 g/mol. The van der Waals surface area contributed by atoms with Crippen LogP contribution in [-0.4, -0.2) is 35.9 Å². The van der Waals surface area contributed by atoms with Crippen molar-refractivity contribution in [3.05, 3.63) is 0 Å². The lowest BCUT2D eigenvalue weighted by Crippen LogP contribution is -2.28. The third-order valence-corrected chi connectivity index (χ3v) is 4.48. The highest BCUT2D eigenvalue weighted by Crippen LogP contribution is 2.11. The second-order valence-electron chi connectivity index (χ2n) is 3.38. The monoisotopic (exact) mass is 192 g/mol. The molecule has 0 N–H and O–H groups in total. The van der Waals surface area contributed by atoms with Crippen molar-refractivity contribution < 1.29 is 13.9 Å². The van der Waals surface area contributed by atoms with Gasteiger partial charge in [-0.3, -0.25) is 0 Å². The molecule has 0 radical (unpaired) electrons. The summed E-state index contributed by atoms with van der Waals surface area (Å²) < 4.78 is 15.3. The normalized spacial score (nSPS) is 12.0. The Balaban J connectivity index is 3.19. The summed E-state index contributed by atoms with van der Waals surface area (Å²) in [5.41, 5.74) is 0. The summed E-state index contributed by atoms with van der Waals surface area (Å²) in [6, 6.07) is 1.15. The van der Waals surface area contributed by atoms with Crippen LogP contribution in [-0.2, 0) is 13.9 Å². The van der Waals surface area contributed by atoms with Gasteiger partial charge in [0.15, 0.2) is 8.32 Å². The Morgan fingerprint density at radius 1 is 1.17 bits per heavy atom. The van der Waals surface area contributed by atoms with Crippen molar-refractivity contribution >= 4 is 8.32 Å². The van der Waals surface area contributed by atoms with Gasteiger partial charge in [-0.2, -0.15) is 0 Å². The predicted octanol–water partition coefficient (Wildman–Crippen LogP) is 1.85. The van der Waals surface area contributed by atoms with Crippen LogP contribution in [0.3, 0.4) is 0 Å². The third kappa shape index (κ3) is 6.79. The SMILES string of the molecule is COCOCCC[Si](C)(C)OC. The van der Waals surface area contributed by atoms with E-state index >= 15 is 0 Å². The first-order chi connectivity index (χ1) is 5.62. The molecule has 0 fully saturated rings. The van der Waals surface area contributed by atoms with E-state index in [1.807, 2.05) is 0 Å². The van der Waals surface area contributed by atoms with E-state index in [0.29, 0.717) is 6.79 Å².